The second-order valence-corrected chi connectivity index (χ2v) is 3.88. The molecule has 0 spiro atoms. The second kappa shape index (κ2) is 7.91. The third-order valence-corrected chi connectivity index (χ3v) is 2.56. The predicted octanol–water partition coefficient (Wildman–Crippen LogP) is 0.295. The Kier molecular flexibility index (Phi) is 7.74. The predicted molar refractivity (Wildman–Crippen MR) is 62.1 cm³/mol. The Hall–Kier alpha value is -0.320. The molecule has 1 aliphatic heterocycles. The molecule has 0 aliphatic carbocycles. The number of hydrogen-bond donors (Lipinski definition) is 3. The first kappa shape index (κ1) is 14.7. The molecule has 0 aromatic carbocycles. The maximum atomic E-state index is 11.5. The molecule has 5 heteroatoms. The summed E-state index contributed by atoms with van der Waals surface area (Å²) in [7, 11) is 0. The van der Waals surface area contributed by atoms with Crippen LogP contribution in [0.1, 0.15) is 26.2 Å². The minimum Gasteiger partial charge on any atom is -0.391 e. The molecule has 0 radical (unpaired) electrons. The zero-order chi connectivity index (χ0) is 10.4. The van der Waals surface area contributed by atoms with E-state index in [4.69, 9.17) is 0 Å². The molecule has 1 amide bonds. The molecule has 90 valence electrons. The fourth-order valence-electron chi connectivity index (χ4n) is 1.68. The minimum absolute atomic E-state index is 0. The molecule has 1 aliphatic rings. The summed E-state index contributed by atoms with van der Waals surface area (Å²) in [5.74, 6) is 0.175. The van der Waals surface area contributed by atoms with Gasteiger partial charge in [-0.05, 0) is 19.4 Å². The molecule has 2 atom stereocenters. The smallest absolute Gasteiger partial charge is 0.224 e. The molecular weight excluding hydrogens is 216 g/mol. The summed E-state index contributed by atoms with van der Waals surface area (Å²) >= 11 is 0. The maximum Gasteiger partial charge on any atom is 0.224 e. The highest BCUT2D eigenvalue weighted by atomic mass is 35.5. The SMILES string of the molecule is CCCC(O)CNC(=O)C1CCNC1.Cl. The zero-order valence-electron chi connectivity index (χ0n) is 9.16. The van der Waals surface area contributed by atoms with Crippen LogP contribution in [0.3, 0.4) is 0 Å². The summed E-state index contributed by atoms with van der Waals surface area (Å²) in [6.07, 6.45) is 2.22. The second-order valence-electron chi connectivity index (χ2n) is 3.88. The van der Waals surface area contributed by atoms with Gasteiger partial charge >= 0.3 is 0 Å². The van der Waals surface area contributed by atoms with Crippen LogP contribution in [0, 0.1) is 5.92 Å². The lowest BCUT2D eigenvalue weighted by atomic mass is 10.1. The van der Waals surface area contributed by atoms with Crippen molar-refractivity contribution in [3.63, 3.8) is 0 Å². The standard InChI is InChI=1S/C10H20N2O2.ClH/c1-2-3-9(13)7-12-10(14)8-4-5-11-6-8;/h8-9,11,13H,2-7H2,1H3,(H,12,14);1H. The first-order valence-electron chi connectivity index (χ1n) is 5.40. The summed E-state index contributed by atoms with van der Waals surface area (Å²) in [6, 6.07) is 0. The summed E-state index contributed by atoms with van der Waals surface area (Å²) in [5, 5.41) is 15.3. The molecule has 3 N–H and O–H groups in total. The normalized spacial score (nSPS) is 21.9. The van der Waals surface area contributed by atoms with Crippen LogP contribution in [0.2, 0.25) is 0 Å². The number of aliphatic hydroxyl groups is 1. The van der Waals surface area contributed by atoms with Crippen LogP contribution in [-0.2, 0) is 4.79 Å². The molecular formula is C10H21ClN2O2. The van der Waals surface area contributed by atoms with Crippen molar-refractivity contribution in [2.24, 2.45) is 5.92 Å². The summed E-state index contributed by atoms with van der Waals surface area (Å²) in [5.41, 5.74) is 0. The summed E-state index contributed by atoms with van der Waals surface area (Å²) < 4.78 is 0. The van der Waals surface area contributed by atoms with Crippen molar-refractivity contribution in [1.29, 1.82) is 0 Å². The van der Waals surface area contributed by atoms with Crippen molar-refractivity contribution in [3.8, 4) is 0 Å². The quantitative estimate of drug-likeness (QED) is 0.643. The van der Waals surface area contributed by atoms with Gasteiger partial charge < -0.3 is 15.7 Å². The van der Waals surface area contributed by atoms with E-state index in [1.807, 2.05) is 6.92 Å². The summed E-state index contributed by atoms with van der Waals surface area (Å²) in [6.45, 7) is 4.11. The van der Waals surface area contributed by atoms with Gasteiger partial charge in [0, 0.05) is 13.1 Å². The number of aliphatic hydroxyl groups excluding tert-OH is 1. The van der Waals surface area contributed by atoms with Gasteiger partial charge in [0.1, 0.15) is 0 Å². The van der Waals surface area contributed by atoms with E-state index in [0.717, 1.165) is 32.4 Å². The fraction of sp³-hybridized carbons (Fsp3) is 0.900. The largest absolute Gasteiger partial charge is 0.391 e. The van der Waals surface area contributed by atoms with Gasteiger partial charge in [0.2, 0.25) is 5.91 Å². The van der Waals surface area contributed by atoms with Crippen LogP contribution >= 0.6 is 12.4 Å². The Morgan fingerprint density at radius 2 is 2.40 bits per heavy atom. The van der Waals surface area contributed by atoms with Gasteiger partial charge in [-0.3, -0.25) is 4.79 Å². The van der Waals surface area contributed by atoms with Gasteiger partial charge in [0.05, 0.1) is 12.0 Å². The molecule has 1 saturated heterocycles. The van der Waals surface area contributed by atoms with E-state index in [-0.39, 0.29) is 24.2 Å². The first-order valence-corrected chi connectivity index (χ1v) is 5.40. The average molecular weight is 237 g/mol. The molecule has 1 fully saturated rings. The van der Waals surface area contributed by atoms with Gasteiger partial charge in [-0.2, -0.15) is 0 Å². The van der Waals surface area contributed by atoms with Gasteiger partial charge in [-0.1, -0.05) is 13.3 Å². The van der Waals surface area contributed by atoms with E-state index in [0.29, 0.717) is 6.54 Å². The monoisotopic (exact) mass is 236 g/mol. The minimum atomic E-state index is -0.390. The number of hydrogen-bond acceptors (Lipinski definition) is 3. The molecule has 1 rings (SSSR count). The van der Waals surface area contributed by atoms with Gasteiger partial charge in [-0.25, -0.2) is 0 Å². The van der Waals surface area contributed by atoms with E-state index in [1.165, 1.54) is 0 Å². The molecule has 0 aromatic rings. The number of amides is 1. The average Bonchev–Trinajstić information content (AvgIpc) is 2.67. The maximum absolute atomic E-state index is 11.5. The lowest BCUT2D eigenvalue weighted by Crippen LogP contribution is -2.37. The third kappa shape index (κ3) is 5.35. The summed E-state index contributed by atoms with van der Waals surface area (Å²) in [4.78, 5) is 11.5. The van der Waals surface area contributed by atoms with E-state index in [1.54, 1.807) is 0 Å². The van der Waals surface area contributed by atoms with E-state index >= 15 is 0 Å². The lowest BCUT2D eigenvalue weighted by molar-refractivity contribution is -0.124. The van der Waals surface area contributed by atoms with Crippen molar-refractivity contribution in [3.05, 3.63) is 0 Å². The van der Waals surface area contributed by atoms with E-state index in [9.17, 15) is 9.90 Å². The molecule has 4 nitrogen and oxygen atoms in total. The third-order valence-electron chi connectivity index (χ3n) is 2.56. The van der Waals surface area contributed by atoms with Gasteiger partial charge in [0.25, 0.3) is 0 Å². The van der Waals surface area contributed by atoms with Crippen molar-refractivity contribution >= 4 is 18.3 Å². The van der Waals surface area contributed by atoms with Crippen molar-refractivity contribution in [2.75, 3.05) is 19.6 Å². The molecule has 0 saturated carbocycles. The number of carbonyl (C=O) groups excluding carboxylic acids is 1. The Balaban J connectivity index is 0.00000196. The molecule has 0 bridgehead atoms. The van der Waals surface area contributed by atoms with Crippen LogP contribution in [0.4, 0.5) is 0 Å². The topological polar surface area (TPSA) is 61.4 Å². The van der Waals surface area contributed by atoms with E-state index < -0.39 is 6.10 Å². The molecule has 1 heterocycles. The Bertz CT molecular complexity index is 184. The number of rotatable bonds is 5. The molecule has 0 aromatic heterocycles. The van der Waals surface area contributed by atoms with Crippen LogP contribution in [-0.4, -0.2) is 36.8 Å². The zero-order valence-corrected chi connectivity index (χ0v) is 9.98. The fourth-order valence-corrected chi connectivity index (χ4v) is 1.68. The Morgan fingerprint density at radius 3 is 2.93 bits per heavy atom. The van der Waals surface area contributed by atoms with Crippen molar-refractivity contribution in [1.82, 2.24) is 10.6 Å². The first-order chi connectivity index (χ1) is 6.74. The Labute approximate surface area is 97.2 Å². The highest BCUT2D eigenvalue weighted by Crippen LogP contribution is 2.07. The van der Waals surface area contributed by atoms with Gasteiger partial charge in [0.15, 0.2) is 0 Å². The van der Waals surface area contributed by atoms with Gasteiger partial charge in [-0.15, -0.1) is 12.4 Å². The highest BCUT2D eigenvalue weighted by Gasteiger charge is 2.22. The van der Waals surface area contributed by atoms with E-state index in [2.05, 4.69) is 10.6 Å². The number of carbonyl (C=O) groups is 1. The van der Waals surface area contributed by atoms with Crippen LogP contribution < -0.4 is 10.6 Å². The van der Waals surface area contributed by atoms with Crippen LogP contribution in [0.25, 0.3) is 0 Å². The number of halogens is 1. The Morgan fingerprint density at radius 1 is 1.67 bits per heavy atom. The van der Waals surface area contributed by atoms with Crippen LogP contribution in [0.15, 0.2) is 0 Å². The molecule has 2 unspecified atom stereocenters. The van der Waals surface area contributed by atoms with Crippen molar-refractivity contribution in [2.45, 2.75) is 32.3 Å². The molecule has 15 heavy (non-hydrogen) atoms. The lowest BCUT2D eigenvalue weighted by Gasteiger charge is -2.13. The highest BCUT2D eigenvalue weighted by molar-refractivity contribution is 5.85. The van der Waals surface area contributed by atoms with Crippen molar-refractivity contribution < 1.29 is 9.90 Å². The van der Waals surface area contributed by atoms with Crippen LogP contribution in [0.5, 0.6) is 0 Å². The number of nitrogens with one attached hydrogen (secondary N) is 2.